The Bertz CT molecular complexity index is 1070. The maximum atomic E-state index is 12.7. The molecule has 1 aliphatic heterocycles. The Morgan fingerprint density at radius 2 is 1.68 bits per heavy atom. The van der Waals surface area contributed by atoms with Gasteiger partial charge in [-0.15, -0.1) is 11.3 Å². The average molecular weight is 540 g/mol. The van der Waals surface area contributed by atoms with Crippen LogP contribution < -0.4 is 11.1 Å². The molecule has 2 heterocycles. The highest BCUT2D eigenvalue weighted by atomic mass is 32.1. The maximum absolute atomic E-state index is 12.7. The van der Waals surface area contributed by atoms with Gasteiger partial charge in [-0.05, 0) is 34.4 Å². The molecule has 7 nitrogen and oxygen atoms in total. The number of alkyl halides is 3. The molecule has 0 saturated carbocycles. The van der Waals surface area contributed by atoms with E-state index in [0.717, 1.165) is 4.88 Å². The summed E-state index contributed by atoms with van der Waals surface area (Å²) in [7, 11) is 0. The molecule has 11 heteroatoms. The van der Waals surface area contributed by atoms with E-state index in [1.54, 1.807) is 17.4 Å². The minimum Gasteiger partial charge on any atom is -0.475 e. The van der Waals surface area contributed by atoms with Crippen LogP contribution in [0.2, 0.25) is 0 Å². The van der Waals surface area contributed by atoms with Gasteiger partial charge >= 0.3 is 12.1 Å². The van der Waals surface area contributed by atoms with Gasteiger partial charge < -0.3 is 21.1 Å². The van der Waals surface area contributed by atoms with Crippen LogP contribution >= 0.6 is 11.3 Å². The van der Waals surface area contributed by atoms with Crippen LogP contribution in [-0.4, -0.2) is 46.1 Å². The molecular weight excluding hydrogens is 507 g/mol. The fraction of sp³-hybridized carbons (Fsp3) is 0.423. The molecule has 4 N–H and O–H groups in total. The molecule has 0 aliphatic carbocycles. The Balaban J connectivity index is 0.000000604. The van der Waals surface area contributed by atoms with E-state index in [2.05, 4.69) is 38.2 Å². The molecule has 0 radical (unpaired) electrons. The van der Waals surface area contributed by atoms with Gasteiger partial charge in [0, 0.05) is 36.5 Å². The largest absolute Gasteiger partial charge is 0.490 e. The van der Waals surface area contributed by atoms with E-state index in [0.29, 0.717) is 25.9 Å². The number of nitrogens with one attached hydrogen (secondary N) is 1. The number of hydrogen-bond acceptors (Lipinski definition) is 5. The minimum absolute atomic E-state index is 0.00688. The van der Waals surface area contributed by atoms with Crippen LogP contribution in [0.4, 0.5) is 13.2 Å². The maximum Gasteiger partial charge on any atom is 0.490 e. The van der Waals surface area contributed by atoms with Crippen molar-refractivity contribution in [1.82, 2.24) is 10.2 Å². The number of aliphatic carboxylic acids is 1. The average Bonchev–Trinajstić information content (AvgIpc) is 3.45. The summed E-state index contributed by atoms with van der Waals surface area (Å²) in [6.07, 6.45) is -0.450. The van der Waals surface area contributed by atoms with Crippen molar-refractivity contribution < 1.29 is 32.7 Å². The molecule has 2 atom stereocenters. The number of nitrogens with zero attached hydrogens (tertiary/aromatic N) is 1. The van der Waals surface area contributed by atoms with Crippen molar-refractivity contribution in [3.05, 3.63) is 69.9 Å². The second-order valence-corrected chi connectivity index (χ2v) is 10.9. The van der Waals surface area contributed by atoms with E-state index >= 15 is 0 Å². The van der Waals surface area contributed by atoms with E-state index in [4.69, 9.17) is 15.6 Å². The molecule has 0 saturated heterocycles. The lowest BCUT2D eigenvalue weighted by Gasteiger charge is -2.26. The Labute approximate surface area is 218 Å². The molecule has 0 fully saturated rings. The number of fused-ring (bicyclic) bond motifs is 1. The fourth-order valence-electron chi connectivity index (χ4n) is 3.65. The molecular formula is C26H32F3N3O4S. The van der Waals surface area contributed by atoms with Crippen molar-refractivity contribution in [1.29, 1.82) is 0 Å². The molecule has 3 rings (SSSR count). The summed E-state index contributed by atoms with van der Waals surface area (Å²) < 4.78 is 31.7. The number of benzene rings is 1. The van der Waals surface area contributed by atoms with Crippen molar-refractivity contribution >= 4 is 29.1 Å². The normalized spacial score (nSPS) is 14.9. The molecule has 0 spiro atoms. The summed E-state index contributed by atoms with van der Waals surface area (Å²) in [4.78, 5) is 37.2. The van der Waals surface area contributed by atoms with Crippen LogP contribution in [0.3, 0.4) is 0 Å². The van der Waals surface area contributed by atoms with Gasteiger partial charge in [-0.25, -0.2) is 4.79 Å². The summed E-state index contributed by atoms with van der Waals surface area (Å²) in [6, 6.07) is 11.2. The van der Waals surface area contributed by atoms with Gasteiger partial charge in [-0.1, -0.05) is 57.2 Å². The fourth-order valence-corrected chi connectivity index (χ4v) is 4.41. The quantitative estimate of drug-likeness (QED) is 0.455. The van der Waals surface area contributed by atoms with Crippen molar-refractivity contribution in [2.24, 2.45) is 11.1 Å². The van der Waals surface area contributed by atoms with Gasteiger partial charge in [0.25, 0.3) is 0 Å². The molecule has 2 aromatic rings. The molecule has 2 amide bonds. The third kappa shape index (κ3) is 10.4. The zero-order valence-corrected chi connectivity index (χ0v) is 21.7. The zero-order chi connectivity index (χ0) is 27.8. The van der Waals surface area contributed by atoms with Crippen molar-refractivity contribution in [3.63, 3.8) is 0 Å². The first-order valence-electron chi connectivity index (χ1n) is 11.6. The molecule has 37 heavy (non-hydrogen) atoms. The number of carboxylic acids is 1. The van der Waals surface area contributed by atoms with E-state index in [-0.39, 0.29) is 23.3 Å². The molecule has 1 aromatic carbocycles. The number of carbonyl (C=O) groups is 3. The zero-order valence-electron chi connectivity index (χ0n) is 20.9. The third-order valence-corrected chi connectivity index (χ3v) is 6.26. The second kappa shape index (κ2) is 12.9. The monoisotopic (exact) mass is 539 g/mol. The van der Waals surface area contributed by atoms with Gasteiger partial charge in [0.15, 0.2) is 0 Å². The lowest BCUT2D eigenvalue weighted by Crippen LogP contribution is -2.46. The van der Waals surface area contributed by atoms with E-state index in [9.17, 15) is 22.8 Å². The van der Waals surface area contributed by atoms with Gasteiger partial charge in [0.2, 0.25) is 11.8 Å². The Morgan fingerprint density at radius 1 is 1.11 bits per heavy atom. The number of carbonyl (C=O) groups excluding carboxylic acids is 2. The SMILES string of the molecule is CC(C)(C)C[C@@H](/C=C/C(=O)N1Cc2ccccc2C1)NC(=O)[C@@H](N)Cc1cccs1.O=C(O)C(F)(F)F. The summed E-state index contributed by atoms with van der Waals surface area (Å²) >= 11 is 1.60. The summed E-state index contributed by atoms with van der Waals surface area (Å²) in [5.74, 6) is -2.99. The summed E-state index contributed by atoms with van der Waals surface area (Å²) in [5, 5.41) is 12.1. The summed E-state index contributed by atoms with van der Waals surface area (Å²) in [6.45, 7) is 7.60. The molecule has 1 aromatic heterocycles. The molecule has 202 valence electrons. The van der Waals surface area contributed by atoms with Crippen LogP contribution in [-0.2, 0) is 33.9 Å². The standard InChI is InChI=1S/C24H31N3O2S.C2HF3O2/c1-24(2,3)14-19(26-23(29)21(25)13-20-9-6-12-30-20)10-11-22(28)27-15-17-7-4-5-8-18(17)16-27;3-2(4,5)1(6)7/h4-12,19,21H,13-16,25H2,1-3H3,(H,26,29);(H,6,7)/b11-10+;/t19-,21+;/m1./s1. The van der Waals surface area contributed by atoms with Crippen LogP contribution in [0.5, 0.6) is 0 Å². The van der Waals surface area contributed by atoms with E-state index in [1.807, 2.05) is 40.6 Å². The Kier molecular flexibility index (Phi) is 10.4. The van der Waals surface area contributed by atoms with Crippen molar-refractivity contribution in [2.45, 2.75) is 65.0 Å². The highest BCUT2D eigenvalue weighted by Gasteiger charge is 2.38. The van der Waals surface area contributed by atoms with E-state index < -0.39 is 18.2 Å². The number of amides is 2. The van der Waals surface area contributed by atoms with Crippen molar-refractivity contribution in [2.75, 3.05) is 0 Å². The number of carboxylic acid groups (broad SMARTS) is 1. The molecule has 0 bridgehead atoms. The number of nitrogens with two attached hydrogens (primary N) is 1. The first-order chi connectivity index (χ1) is 17.2. The van der Waals surface area contributed by atoms with Crippen LogP contribution in [0, 0.1) is 5.41 Å². The number of rotatable bonds is 7. The van der Waals surface area contributed by atoms with Crippen LogP contribution in [0.15, 0.2) is 53.9 Å². The highest BCUT2D eigenvalue weighted by Crippen LogP contribution is 2.24. The third-order valence-electron chi connectivity index (χ3n) is 5.36. The predicted molar refractivity (Wildman–Crippen MR) is 136 cm³/mol. The Hall–Kier alpha value is -3.18. The predicted octanol–water partition coefficient (Wildman–Crippen LogP) is 4.27. The number of halogens is 3. The van der Waals surface area contributed by atoms with Gasteiger partial charge in [0.1, 0.15) is 0 Å². The van der Waals surface area contributed by atoms with Crippen molar-refractivity contribution in [3.8, 4) is 0 Å². The smallest absolute Gasteiger partial charge is 0.475 e. The lowest BCUT2D eigenvalue weighted by molar-refractivity contribution is -0.192. The second-order valence-electron chi connectivity index (χ2n) is 9.89. The van der Waals surface area contributed by atoms with E-state index in [1.165, 1.54) is 11.1 Å². The first kappa shape index (κ1) is 30.0. The Morgan fingerprint density at radius 3 is 2.14 bits per heavy atom. The number of hydrogen-bond donors (Lipinski definition) is 3. The van der Waals surface area contributed by atoms with Gasteiger partial charge in [-0.2, -0.15) is 13.2 Å². The van der Waals surface area contributed by atoms with Crippen LogP contribution in [0.1, 0.15) is 43.2 Å². The molecule has 0 unspecified atom stereocenters. The van der Waals surface area contributed by atoms with Gasteiger partial charge in [-0.3, -0.25) is 9.59 Å². The van der Waals surface area contributed by atoms with Crippen LogP contribution in [0.25, 0.3) is 0 Å². The minimum atomic E-state index is -5.08. The molecule has 1 aliphatic rings. The first-order valence-corrected chi connectivity index (χ1v) is 12.5. The lowest BCUT2D eigenvalue weighted by atomic mass is 9.87. The number of thiophene rings is 1. The van der Waals surface area contributed by atoms with Gasteiger partial charge in [0.05, 0.1) is 6.04 Å². The topological polar surface area (TPSA) is 113 Å². The highest BCUT2D eigenvalue weighted by molar-refractivity contribution is 7.09. The summed E-state index contributed by atoms with van der Waals surface area (Å²) in [5.41, 5.74) is 8.50.